The number of nitrogens with zero attached hydrogens (tertiary/aromatic N) is 3. The van der Waals surface area contributed by atoms with Gasteiger partial charge in [0.15, 0.2) is 0 Å². The van der Waals surface area contributed by atoms with Crippen molar-refractivity contribution in [2.24, 2.45) is 0 Å². The average Bonchev–Trinajstić information content (AvgIpc) is 2.73. The van der Waals surface area contributed by atoms with Crippen LogP contribution >= 0.6 is 0 Å². The van der Waals surface area contributed by atoms with Crippen LogP contribution in [0.25, 0.3) is 6.08 Å². The molecule has 1 aromatic heterocycles. The molecule has 0 aliphatic carbocycles. The quantitative estimate of drug-likeness (QED) is 0.697. The second kappa shape index (κ2) is 9.19. The van der Waals surface area contributed by atoms with Crippen molar-refractivity contribution < 1.29 is 26.4 Å². The number of carbonyl (C=O) groups is 1. The molecular formula is C21H22F3N3O3S. The first-order chi connectivity index (χ1) is 14.6. The van der Waals surface area contributed by atoms with Gasteiger partial charge in [-0.15, -0.1) is 0 Å². The molecule has 0 N–H and O–H groups in total. The van der Waals surface area contributed by atoms with E-state index in [1.807, 2.05) is 0 Å². The molecule has 0 unspecified atom stereocenters. The third-order valence-corrected chi connectivity index (χ3v) is 6.78. The maximum atomic E-state index is 12.6. The normalized spacial score (nSPS) is 16.1. The van der Waals surface area contributed by atoms with Crippen LogP contribution in [-0.4, -0.2) is 60.4 Å². The van der Waals surface area contributed by atoms with E-state index >= 15 is 0 Å². The molecule has 6 nitrogen and oxygen atoms in total. The maximum Gasteiger partial charge on any atom is 0.416 e. The number of aryl methyl sites for hydroxylation is 1. The van der Waals surface area contributed by atoms with Crippen molar-refractivity contribution in [3.63, 3.8) is 0 Å². The molecule has 0 saturated carbocycles. The van der Waals surface area contributed by atoms with E-state index in [-0.39, 0.29) is 37.8 Å². The minimum absolute atomic E-state index is 0.176. The first-order valence-electron chi connectivity index (χ1n) is 9.60. The number of sulfonamides is 1. The Bertz CT molecular complexity index is 1060. The molecule has 1 aliphatic rings. The third kappa shape index (κ3) is 5.71. The van der Waals surface area contributed by atoms with Crippen LogP contribution in [0, 0.1) is 6.92 Å². The fourth-order valence-corrected chi connectivity index (χ4v) is 4.51. The number of rotatable bonds is 5. The highest BCUT2D eigenvalue weighted by molar-refractivity contribution is 7.89. The Morgan fingerprint density at radius 2 is 1.74 bits per heavy atom. The molecule has 0 spiro atoms. The molecule has 31 heavy (non-hydrogen) atoms. The molecule has 1 fully saturated rings. The number of benzene rings is 1. The highest BCUT2D eigenvalue weighted by atomic mass is 32.2. The molecule has 0 radical (unpaired) electrons. The van der Waals surface area contributed by atoms with Gasteiger partial charge in [-0.2, -0.15) is 17.5 Å². The molecule has 2 aromatic rings. The Labute approximate surface area is 179 Å². The van der Waals surface area contributed by atoms with Crippen LogP contribution in [0.2, 0.25) is 0 Å². The van der Waals surface area contributed by atoms with Crippen molar-refractivity contribution in [1.82, 2.24) is 14.2 Å². The van der Waals surface area contributed by atoms with E-state index in [4.69, 9.17) is 0 Å². The predicted octanol–water partition coefficient (Wildman–Crippen LogP) is 3.21. The van der Waals surface area contributed by atoms with Crippen LogP contribution in [0.4, 0.5) is 13.2 Å². The Hall–Kier alpha value is -2.72. The topological polar surface area (TPSA) is 70.6 Å². The fraction of sp³-hybridized carbons (Fsp3) is 0.333. The van der Waals surface area contributed by atoms with Gasteiger partial charge in [0.25, 0.3) is 5.91 Å². The number of hydrogen-bond donors (Lipinski definition) is 0. The lowest BCUT2D eigenvalue weighted by Crippen LogP contribution is -2.51. The molecule has 1 amide bonds. The van der Waals surface area contributed by atoms with Gasteiger partial charge in [0, 0.05) is 38.1 Å². The number of halogens is 3. The van der Waals surface area contributed by atoms with Gasteiger partial charge in [-0.05, 0) is 36.8 Å². The largest absolute Gasteiger partial charge is 0.416 e. The zero-order valence-corrected chi connectivity index (χ0v) is 17.7. The minimum Gasteiger partial charge on any atom is -0.336 e. The van der Waals surface area contributed by atoms with Gasteiger partial charge in [-0.25, -0.2) is 8.42 Å². The molecule has 0 atom stereocenters. The molecule has 10 heteroatoms. The molecule has 2 heterocycles. The summed E-state index contributed by atoms with van der Waals surface area (Å²) in [7, 11) is -3.59. The molecule has 1 aromatic carbocycles. The van der Waals surface area contributed by atoms with Gasteiger partial charge in [0.05, 0.1) is 16.9 Å². The van der Waals surface area contributed by atoms with Crippen LogP contribution in [0.15, 0.2) is 48.7 Å². The molecule has 1 aliphatic heterocycles. The predicted molar refractivity (Wildman–Crippen MR) is 111 cm³/mol. The lowest BCUT2D eigenvalue weighted by Gasteiger charge is -2.34. The van der Waals surface area contributed by atoms with E-state index < -0.39 is 21.8 Å². The van der Waals surface area contributed by atoms with E-state index in [9.17, 15) is 26.4 Å². The summed E-state index contributed by atoms with van der Waals surface area (Å²) in [4.78, 5) is 18.3. The average molecular weight is 453 g/mol. The van der Waals surface area contributed by atoms with E-state index in [0.29, 0.717) is 16.8 Å². The standard InChI is InChI=1S/C21H22F3N3O3S/c1-16-19(5-2-10-25-16)20(28)26-11-13-27(14-12-26)31(29,30)15-3-4-17-6-8-18(9-7-17)21(22,23)24/h2-10H,11-15H2,1H3. The first kappa shape index (κ1) is 23.0. The summed E-state index contributed by atoms with van der Waals surface area (Å²) in [6.45, 7) is 2.66. The number of piperazine rings is 1. The third-order valence-electron chi connectivity index (χ3n) is 5.01. The lowest BCUT2D eigenvalue weighted by atomic mass is 10.1. The van der Waals surface area contributed by atoms with Crippen molar-refractivity contribution in [3.8, 4) is 0 Å². The summed E-state index contributed by atoms with van der Waals surface area (Å²) < 4.78 is 64.3. The molecule has 166 valence electrons. The van der Waals surface area contributed by atoms with E-state index in [1.165, 1.54) is 28.6 Å². The Kier molecular flexibility index (Phi) is 6.80. The van der Waals surface area contributed by atoms with Crippen molar-refractivity contribution in [2.45, 2.75) is 13.1 Å². The van der Waals surface area contributed by atoms with Crippen LogP contribution in [0.1, 0.15) is 27.2 Å². The van der Waals surface area contributed by atoms with Crippen molar-refractivity contribution in [3.05, 3.63) is 71.1 Å². The number of aromatic nitrogens is 1. The summed E-state index contributed by atoms with van der Waals surface area (Å²) in [5, 5.41) is 0. The highest BCUT2D eigenvalue weighted by Gasteiger charge is 2.30. The summed E-state index contributed by atoms with van der Waals surface area (Å²) in [5.41, 5.74) is 0.839. The van der Waals surface area contributed by atoms with Gasteiger partial charge in [-0.3, -0.25) is 9.78 Å². The maximum absolute atomic E-state index is 12.6. The molecule has 0 bridgehead atoms. The first-order valence-corrected chi connectivity index (χ1v) is 11.2. The molecule has 1 saturated heterocycles. The minimum atomic E-state index is -4.41. The van der Waals surface area contributed by atoms with E-state index in [2.05, 4.69) is 4.98 Å². The van der Waals surface area contributed by atoms with Gasteiger partial charge < -0.3 is 4.90 Å². The summed E-state index contributed by atoms with van der Waals surface area (Å²) in [6, 6.07) is 7.86. The fourth-order valence-electron chi connectivity index (χ4n) is 3.24. The van der Waals surface area contributed by atoms with Crippen LogP contribution in [0.5, 0.6) is 0 Å². The molecular weight excluding hydrogens is 431 g/mol. The summed E-state index contributed by atoms with van der Waals surface area (Å²) in [6.07, 6.45) is 0.0801. The second-order valence-electron chi connectivity index (χ2n) is 7.13. The van der Waals surface area contributed by atoms with Crippen molar-refractivity contribution in [2.75, 3.05) is 31.9 Å². The monoisotopic (exact) mass is 453 g/mol. The molecule has 3 rings (SSSR count). The number of pyridine rings is 1. The van der Waals surface area contributed by atoms with Crippen molar-refractivity contribution in [1.29, 1.82) is 0 Å². The number of hydrogen-bond acceptors (Lipinski definition) is 4. The number of alkyl halides is 3. The number of carbonyl (C=O) groups excluding carboxylic acids is 1. The van der Waals surface area contributed by atoms with Gasteiger partial charge >= 0.3 is 6.18 Å². The van der Waals surface area contributed by atoms with E-state index in [1.54, 1.807) is 30.2 Å². The lowest BCUT2D eigenvalue weighted by molar-refractivity contribution is -0.137. The number of amides is 1. The summed E-state index contributed by atoms with van der Waals surface area (Å²) in [5.74, 6) is -0.450. The van der Waals surface area contributed by atoms with Gasteiger partial charge in [0.2, 0.25) is 10.0 Å². The highest BCUT2D eigenvalue weighted by Crippen LogP contribution is 2.29. The Balaban J connectivity index is 1.56. The van der Waals surface area contributed by atoms with Crippen LogP contribution in [0.3, 0.4) is 0 Å². The van der Waals surface area contributed by atoms with Gasteiger partial charge in [-0.1, -0.05) is 24.3 Å². The zero-order valence-electron chi connectivity index (χ0n) is 16.8. The van der Waals surface area contributed by atoms with Crippen LogP contribution < -0.4 is 0 Å². The zero-order chi connectivity index (χ0) is 22.6. The summed E-state index contributed by atoms with van der Waals surface area (Å²) >= 11 is 0. The Morgan fingerprint density at radius 1 is 1.10 bits per heavy atom. The second-order valence-corrected chi connectivity index (χ2v) is 9.14. The van der Waals surface area contributed by atoms with Gasteiger partial charge in [0.1, 0.15) is 0 Å². The van der Waals surface area contributed by atoms with Crippen LogP contribution in [-0.2, 0) is 16.2 Å². The SMILES string of the molecule is Cc1ncccc1C(=O)N1CCN(S(=O)(=O)CC=Cc2ccc(C(F)(F)F)cc2)CC1. The smallest absolute Gasteiger partial charge is 0.336 e. The van der Waals surface area contributed by atoms with E-state index in [0.717, 1.165) is 12.1 Å². The Morgan fingerprint density at radius 3 is 2.32 bits per heavy atom. The van der Waals surface area contributed by atoms with Crippen molar-refractivity contribution >= 4 is 22.0 Å².